The van der Waals surface area contributed by atoms with Gasteiger partial charge in [0.2, 0.25) is 0 Å². The van der Waals surface area contributed by atoms with Crippen molar-refractivity contribution in [2.45, 2.75) is 30.6 Å². The highest BCUT2D eigenvalue weighted by atomic mass is 16.6. The van der Waals surface area contributed by atoms with Gasteiger partial charge in [-0.2, -0.15) is 0 Å². The van der Waals surface area contributed by atoms with Crippen LogP contribution in [0.25, 0.3) is 0 Å². The largest absolute Gasteiger partial charge is 0.394 e. The van der Waals surface area contributed by atoms with Gasteiger partial charge in [0, 0.05) is 0 Å². The summed E-state index contributed by atoms with van der Waals surface area (Å²) in [5, 5.41) is 36.1. The Morgan fingerprint density at radius 3 is 2.25 bits per heavy atom. The molecule has 0 spiro atoms. The molecule has 1 aliphatic heterocycles. The minimum atomic E-state index is -1.35. The molecule has 0 aromatic carbocycles. The second-order valence-electron chi connectivity index (χ2n) is 2.81. The van der Waals surface area contributed by atoms with Crippen LogP contribution in [0.2, 0.25) is 0 Å². The zero-order chi connectivity index (χ0) is 9.30. The molecule has 0 aromatic rings. The lowest BCUT2D eigenvalue weighted by Crippen LogP contribution is -2.61. The first-order valence-electron chi connectivity index (χ1n) is 3.64. The van der Waals surface area contributed by atoms with Gasteiger partial charge in [-0.1, -0.05) is 0 Å². The molecule has 0 saturated carbocycles. The maximum absolute atomic E-state index is 9.20. The van der Waals surface area contributed by atoms with E-state index >= 15 is 0 Å². The molecule has 12 heavy (non-hydrogen) atoms. The lowest BCUT2D eigenvalue weighted by atomic mass is 9.98. The van der Waals surface area contributed by atoms with E-state index in [-0.39, 0.29) is 0 Å². The van der Waals surface area contributed by atoms with Gasteiger partial charge in [-0.25, -0.2) is 0 Å². The Kier molecular flexibility index (Phi) is 2.99. The van der Waals surface area contributed by atoms with Gasteiger partial charge in [-0.3, -0.25) is 0 Å². The summed E-state index contributed by atoms with van der Waals surface area (Å²) in [4.78, 5) is 0. The van der Waals surface area contributed by atoms with Crippen LogP contribution in [0.4, 0.5) is 0 Å². The number of aliphatic hydroxyl groups excluding tert-OH is 4. The summed E-state index contributed by atoms with van der Waals surface area (Å²) in [5.74, 6) is 0. The molecule has 1 aliphatic rings. The summed E-state index contributed by atoms with van der Waals surface area (Å²) in [6.45, 7) is -0.470. The summed E-state index contributed by atoms with van der Waals surface area (Å²) >= 11 is 0. The Balaban J connectivity index is 2.63. The quantitative estimate of drug-likeness (QED) is 0.288. The SMILES string of the molecule is NC1[C@H](O)OC(CO)[C@H](O)[C@H]1O. The van der Waals surface area contributed by atoms with Crippen LogP contribution in [0.3, 0.4) is 0 Å². The average Bonchev–Trinajstić information content (AvgIpc) is 2.08. The van der Waals surface area contributed by atoms with Gasteiger partial charge >= 0.3 is 0 Å². The molecule has 0 bridgehead atoms. The van der Waals surface area contributed by atoms with Crippen molar-refractivity contribution in [1.82, 2.24) is 0 Å². The smallest absolute Gasteiger partial charge is 0.173 e. The number of aliphatic hydroxyl groups is 4. The van der Waals surface area contributed by atoms with Gasteiger partial charge < -0.3 is 30.9 Å². The zero-order valence-electron chi connectivity index (χ0n) is 6.37. The van der Waals surface area contributed by atoms with E-state index in [1.807, 2.05) is 0 Å². The molecular weight excluding hydrogens is 166 g/mol. The van der Waals surface area contributed by atoms with Crippen molar-refractivity contribution in [3.63, 3.8) is 0 Å². The highest BCUT2D eigenvalue weighted by Crippen LogP contribution is 2.17. The Morgan fingerprint density at radius 2 is 1.75 bits per heavy atom. The molecule has 1 saturated heterocycles. The molecule has 2 unspecified atom stereocenters. The summed E-state index contributed by atoms with van der Waals surface area (Å²) in [6.07, 6.45) is -4.85. The van der Waals surface area contributed by atoms with Crippen LogP contribution in [-0.4, -0.2) is 57.7 Å². The molecule has 0 amide bonds. The Hall–Kier alpha value is -0.240. The Labute approximate surface area is 69.2 Å². The highest BCUT2D eigenvalue weighted by Gasteiger charge is 2.41. The van der Waals surface area contributed by atoms with Crippen molar-refractivity contribution < 1.29 is 25.2 Å². The molecule has 5 atom stereocenters. The van der Waals surface area contributed by atoms with Crippen molar-refractivity contribution in [3.05, 3.63) is 0 Å². The molecule has 0 radical (unpaired) electrons. The third-order valence-electron chi connectivity index (χ3n) is 1.95. The van der Waals surface area contributed by atoms with E-state index in [0.717, 1.165) is 0 Å². The predicted molar refractivity (Wildman–Crippen MR) is 38.0 cm³/mol. The van der Waals surface area contributed by atoms with Crippen LogP contribution in [0.1, 0.15) is 0 Å². The maximum Gasteiger partial charge on any atom is 0.173 e. The topological polar surface area (TPSA) is 116 Å². The number of hydrogen-bond donors (Lipinski definition) is 5. The lowest BCUT2D eigenvalue weighted by Gasteiger charge is -2.38. The molecule has 0 aliphatic carbocycles. The summed E-state index contributed by atoms with van der Waals surface area (Å²) in [5.41, 5.74) is 5.26. The van der Waals surface area contributed by atoms with E-state index < -0.39 is 37.3 Å². The van der Waals surface area contributed by atoms with Crippen LogP contribution in [0.5, 0.6) is 0 Å². The fourth-order valence-corrected chi connectivity index (χ4v) is 1.12. The molecule has 6 N–H and O–H groups in total. The van der Waals surface area contributed by atoms with Crippen molar-refractivity contribution in [1.29, 1.82) is 0 Å². The third-order valence-corrected chi connectivity index (χ3v) is 1.95. The van der Waals surface area contributed by atoms with E-state index in [2.05, 4.69) is 0 Å². The van der Waals surface area contributed by atoms with E-state index in [0.29, 0.717) is 0 Å². The average molecular weight is 179 g/mol. The standard InChI is InChI=1S/C6H13NO5/c7-3-5(10)4(9)2(1-8)12-6(3)11/h2-6,8-11H,1,7H2/t2?,3?,4-,5-,6+/m0/s1. The number of rotatable bonds is 1. The fraction of sp³-hybridized carbons (Fsp3) is 1.00. The minimum Gasteiger partial charge on any atom is -0.394 e. The normalized spacial score (nSPS) is 49.2. The first kappa shape index (κ1) is 9.85. The van der Waals surface area contributed by atoms with Crippen LogP contribution >= 0.6 is 0 Å². The Morgan fingerprint density at radius 1 is 1.17 bits per heavy atom. The molecule has 72 valence electrons. The number of hydrogen-bond acceptors (Lipinski definition) is 6. The first-order valence-corrected chi connectivity index (χ1v) is 3.64. The van der Waals surface area contributed by atoms with E-state index in [1.165, 1.54) is 0 Å². The molecule has 0 aromatic heterocycles. The van der Waals surface area contributed by atoms with Crippen LogP contribution in [-0.2, 0) is 4.74 Å². The van der Waals surface area contributed by atoms with Crippen LogP contribution < -0.4 is 5.73 Å². The van der Waals surface area contributed by atoms with Gasteiger partial charge in [0.15, 0.2) is 6.29 Å². The second-order valence-corrected chi connectivity index (χ2v) is 2.81. The van der Waals surface area contributed by atoms with E-state index in [9.17, 15) is 10.2 Å². The Bertz CT molecular complexity index is 150. The maximum atomic E-state index is 9.20. The van der Waals surface area contributed by atoms with Gasteiger partial charge in [0.05, 0.1) is 12.6 Å². The van der Waals surface area contributed by atoms with Gasteiger partial charge in [-0.15, -0.1) is 0 Å². The van der Waals surface area contributed by atoms with E-state index in [4.69, 9.17) is 20.7 Å². The molecule has 1 heterocycles. The fourth-order valence-electron chi connectivity index (χ4n) is 1.12. The van der Waals surface area contributed by atoms with Gasteiger partial charge in [0.25, 0.3) is 0 Å². The summed E-state index contributed by atoms with van der Waals surface area (Å²) in [7, 11) is 0. The van der Waals surface area contributed by atoms with Crippen LogP contribution in [0, 0.1) is 0 Å². The number of ether oxygens (including phenoxy) is 1. The van der Waals surface area contributed by atoms with E-state index in [1.54, 1.807) is 0 Å². The lowest BCUT2D eigenvalue weighted by molar-refractivity contribution is -0.248. The molecule has 6 nitrogen and oxygen atoms in total. The molecule has 1 rings (SSSR count). The molecule has 6 heteroatoms. The zero-order valence-corrected chi connectivity index (χ0v) is 6.37. The molecule has 1 fully saturated rings. The highest BCUT2D eigenvalue weighted by molar-refractivity contribution is 4.90. The molecular formula is C6H13NO5. The first-order chi connectivity index (χ1) is 5.57. The third kappa shape index (κ3) is 1.58. The van der Waals surface area contributed by atoms with Crippen molar-refractivity contribution in [2.24, 2.45) is 5.73 Å². The van der Waals surface area contributed by atoms with Crippen molar-refractivity contribution in [3.8, 4) is 0 Å². The number of nitrogens with two attached hydrogens (primary N) is 1. The van der Waals surface area contributed by atoms with Crippen LogP contribution in [0.15, 0.2) is 0 Å². The monoisotopic (exact) mass is 179 g/mol. The minimum absolute atomic E-state index is 0.470. The second kappa shape index (κ2) is 3.65. The van der Waals surface area contributed by atoms with Crippen molar-refractivity contribution >= 4 is 0 Å². The van der Waals surface area contributed by atoms with Crippen molar-refractivity contribution in [2.75, 3.05) is 6.61 Å². The summed E-state index contributed by atoms with van der Waals surface area (Å²) < 4.78 is 4.70. The summed E-state index contributed by atoms with van der Waals surface area (Å²) in [6, 6.07) is -1.04. The predicted octanol–water partition coefficient (Wildman–Crippen LogP) is -3.25. The van der Waals surface area contributed by atoms with Gasteiger partial charge in [-0.05, 0) is 0 Å². The van der Waals surface area contributed by atoms with Gasteiger partial charge in [0.1, 0.15) is 18.3 Å².